The summed E-state index contributed by atoms with van der Waals surface area (Å²) in [5, 5.41) is 20.5. The number of aliphatic hydroxyl groups excluding tert-OH is 1. The number of nitro groups is 1. The van der Waals surface area contributed by atoms with E-state index < -0.39 is 33.7 Å². The Hall–Kier alpha value is -2.30. The first kappa shape index (κ1) is 17.1. The number of hydrogen-bond donors (Lipinski definition) is 1. The summed E-state index contributed by atoms with van der Waals surface area (Å²) in [5.41, 5.74) is 0.899. The molecule has 124 valence electrons. The fourth-order valence-corrected chi connectivity index (χ4v) is 2.78. The van der Waals surface area contributed by atoms with Gasteiger partial charge in [-0.15, -0.1) is 0 Å². The van der Waals surface area contributed by atoms with Crippen LogP contribution in [0.25, 0.3) is 0 Å². The third-order valence-electron chi connectivity index (χ3n) is 2.99. The van der Waals surface area contributed by atoms with Crippen LogP contribution in [0.15, 0.2) is 41.6 Å². The zero-order chi connectivity index (χ0) is 17.0. The van der Waals surface area contributed by atoms with Gasteiger partial charge in [-0.1, -0.05) is 22.7 Å². The minimum Gasteiger partial charge on any atom is -0.390 e. The van der Waals surface area contributed by atoms with E-state index in [0.29, 0.717) is 0 Å². The molecule has 0 radical (unpaired) electrons. The Bertz CT molecular complexity index is 784. The highest BCUT2D eigenvalue weighted by molar-refractivity contribution is 7.86. The average Bonchev–Trinajstić information content (AvgIpc) is 2.94. The van der Waals surface area contributed by atoms with E-state index in [-0.39, 0.29) is 11.4 Å². The Kier molecular flexibility index (Phi) is 5.08. The number of aryl methyl sites for hydroxylation is 1. The van der Waals surface area contributed by atoms with E-state index in [1.54, 1.807) is 12.1 Å². The monoisotopic (exact) mass is 341 g/mol. The minimum atomic E-state index is -4.00. The Morgan fingerprint density at radius 3 is 2.65 bits per heavy atom. The second kappa shape index (κ2) is 6.86. The van der Waals surface area contributed by atoms with Crippen molar-refractivity contribution >= 4 is 16.1 Å². The number of hydrogen-bond acceptors (Lipinski definition) is 7. The summed E-state index contributed by atoms with van der Waals surface area (Å²) in [6.45, 7) is 1.09. The molecule has 1 aromatic carbocycles. The number of aromatic nitrogens is 2. The average molecular weight is 341 g/mol. The van der Waals surface area contributed by atoms with Gasteiger partial charge >= 0.3 is 5.95 Å². The number of imidazole rings is 1. The molecule has 2 rings (SSSR count). The second-order valence-electron chi connectivity index (χ2n) is 4.84. The molecule has 0 amide bonds. The number of aliphatic hydroxyl groups is 1. The topological polar surface area (TPSA) is 125 Å². The molecule has 0 bridgehead atoms. The van der Waals surface area contributed by atoms with Crippen LogP contribution in [0, 0.1) is 17.0 Å². The molecule has 1 unspecified atom stereocenters. The van der Waals surface area contributed by atoms with Gasteiger partial charge < -0.3 is 15.2 Å². The van der Waals surface area contributed by atoms with Crippen LogP contribution in [0.4, 0.5) is 5.95 Å². The van der Waals surface area contributed by atoms with Crippen LogP contribution in [-0.2, 0) is 20.8 Å². The summed E-state index contributed by atoms with van der Waals surface area (Å²) in [4.78, 5) is 13.5. The van der Waals surface area contributed by atoms with Crippen LogP contribution in [0.2, 0.25) is 0 Å². The maximum absolute atomic E-state index is 12.0. The van der Waals surface area contributed by atoms with Gasteiger partial charge in [-0.05, 0) is 24.0 Å². The van der Waals surface area contributed by atoms with Crippen molar-refractivity contribution in [3.05, 3.63) is 52.3 Å². The van der Waals surface area contributed by atoms with Crippen molar-refractivity contribution < 1.29 is 22.6 Å². The summed E-state index contributed by atoms with van der Waals surface area (Å²) in [7, 11) is -4.00. The molecule has 0 aliphatic rings. The molecule has 0 saturated carbocycles. The molecular formula is C13H15N3O6S. The molecule has 0 saturated heterocycles. The van der Waals surface area contributed by atoms with Crippen molar-refractivity contribution in [2.24, 2.45) is 0 Å². The first-order chi connectivity index (χ1) is 10.8. The zero-order valence-corrected chi connectivity index (χ0v) is 13.0. The van der Waals surface area contributed by atoms with Gasteiger partial charge in [-0.2, -0.15) is 8.42 Å². The number of benzene rings is 1. The van der Waals surface area contributed by atoms with E-state index in [1.165, 1.54) is 24.5 Å². The molecule has 9 nitrogen and oxygen atoms in total. The lowest BCUT2D eigenvalue weighted by molar-refractivity contribution is -0.397. The largest absolute Gasteiger partial charge is 0.434 e. The Balaban J connectivity index is 1.98. The molecule has 1 heterocycles. The van der Waals surface area contributed by atoms with Crippen LogP contribution in [0.1, 0.15) is 5.56 Å². The summed E-state index contributed by atoms with van der Waals surface area (Å²) in [6.07, 6.45) is 1.29. The van der Waals surface area contributed by atoms with Crippen molar-refractivity contribution in [3.8, 4) is 0 Å². The second-order valence-corrected chi connectivity index (χ2v) is 6.46. The zero-order valence-electron chi connectivity index (χ0n) is 12.2. The highest BCUT2D eigenvalue weighted by Crippen LogP contribution is 2.14. The predicted octanol–water partition coefficient (Wildman–Crippen LogP) is 0.866. The normalized spacial score (nSPS) is 13.0. The molecule has 1 aromatic heterocycles. The lowest BCUT2D eigenvalue weighted by Crippen LogP contribution is -2.24. The minimum absolute atomic E-state index is 0.0242. The Labute approximate surface area is 132 Å². The van der Waals surface area contributed by atoms with E-state index in [1.807, 2.05) is 6.92 Å². The number of rotatable bonds is 7. The first-order valence-electron chi connectivity index (χ1n) is 6.59. The number of nitrogens with zero attached hydrogens (tertiary/aromatic N) is 3. The molecule has 1 N–H and O–H groups in total. The predicted molar refractivity (Wildman–Crippen MR) is 79.2 cm³/mol. The molecule has 0 aliphatic heterocycles. The molecule has 10 heteroatoms. The molecule has 0 spiro atoms. The summed E-state index contributed by atoms with van der Waals surface area (Å²) < 4.78 is 29.8. The maximum Gasteiger partial charge on any atom is 0.434 e. The summed E-state index contributed by atoms with van der Waals surface area (Å²) >= 11 is 0. The first-order valence-corrected chi connectivity index (χ1v) is 8.00. The van der Waals surface area contributed by atoms with Gasteiger partial charge in [0.05, 0.1) is 18.0 Å². The van der Waals surface area contributed by atoms with Crippen molar-refractivity contribution in [1.29, 1.82) is 0 Å². The van der Waals surface area contributed by atoms with Crippen LogP contribution >= 0.6 is 0 Å². The van der Waals surface area contributed by atoms with Gasteiger partial charge in [0, 0.05) is 0 Å². The van der Waals surface area contributed by atoms with Crippen molar-refractivity contribution in [3.63, 3.8) is 0 Å². The quantitative estimate of drug-likeness (QED) is 0.450. The standard InChI is InChI=1S/C13H15N3O6S/c1-10-2-4-12(5-3-10)23(20,21)22-9-11(17)8-15-7-6-14-13(15)16(18)19/h2-7,11,17H,8-9H2,1H3. The van der Waals surface area contributed by atoms with Gasteiger partial charge in [-0.25, -0.2) is 4.57 Å². The van der Waals surface area contributed by atoms with Crippen molar-refractivity contribution in [1.82, 2.24) is 9.55 Å². The fourth-order valence-electron chi connectivity index (χ4n) is 1.84. The fraction of sp³-hybridized carbons (Fsp3) is 0.308. The van der Waals surface area contributed by atoms with Crippen LogP contribution in [-0.4, -0.2) is 40.7 Å². The smallest absolute Gasteiger partial charge is 0.390 e. The van der Waals surface area contributed by atoms with E-state index >= 15 is 0 Å². The van der Waals surface area contributed by atoms with Gasteiger partial charge in [0.25, 0.3) is 10.1 Å². The van der Waals surface area contributed by atoms with E-state index in [0.717, 1.165) is 10.1 Å². The third-order valence-corrected chi connectivity index (χ3v) is 4.29. The molecule has 2 aromatic rings. The molecule has 23 heavy (non-hydrogen) atoms. The third kappa shape index (κ3) is 4.34. The van der Waals surface area contributed by atoms with E-state index in [4.69, 9.17) is 4.18 Å². The Morgan fingerprint density at radius 2 is 2.04 bits per heavy atom. The summed E-state index contributed by atoms with van der Waals surface area (Å²) in [6, 6.07) is 6.05. The van der Waals surface area contributed by atoms with Crippen LogP contribution < -0.4 is 0 Å². The molecule has 0 fully saturated rings. The van der Waals surface area contributed by atoms with Gasteiger partial charge in [-0.3, -0.25) is 4.18 Å². The highest BCUT2D eigenvalue weighted by Gasteiger charge is 2.21. The maximum atomic E-state index is 12.0. The van der Waals surface area contributed by atoms with Crippen molar-refractivity contribution in [2.45, 2.75) is 24.5 Å². The van der Waals surface area contributed by atoms with Crippen LogP contribution in [0.3, 0.4) is 0 Å². The van der Waals surface area contributed by atoms with Crippen LogP contribution in [0.5, 0.6) is 0 Å². The van der Waals surface area contributed by atoms with E-state index in [2.05, 4.69) is 4.98 Å². The van der Waals surface area contributed by atoms with Gasteiger partial charge in [0.15, 0.2) is 0 Å². The highest BCUT2D eigenvalue weighted by atomic mass is 32.2. The molecule has 1 atom stereocenters. The lowest BCUT2D eigenvalue weighted by Gasteiger charge is -2.11. The van der Waals surface area contributed by atoms with Gasteiger partial charge in [0.1, 0.15) is 18.5 Å². The van der Waals surface area contributed by atoms with Gasteiger partial charge in [0.2, 0.25) is 0 Å². The van der Waals surface area contributed by atoms with Crippen molar-refractivity contribution in [2.75, 3.05) is 6.61 Å². The SMILES string of the molecule is Cc1ccc(S(=O)(=O)OCC(O)Cn2ccnc2[N+](=O)[O-])cc1. The summed E-state index contributed by atoms with van der Waals surface area (Å²) in [5.74, 6) is -0.439. The Morgan fingerprint density at radius 1 is 1.39 bits per heavy atom. The molecular weight excluding hydrogens is 326 g/mol. The lowest BCUT2D eigenvalue weighted by atomic mass is 10.2. The van der Waals surface area contributed by atoms with E-state index in [9.17, 15) is 23.6 Å². The molecule has 0 aliphatic carbocycles.